The number of nitrogens with two attached hydrogens (primary N) is 1. The first-order valence-corrected chi connectivity index (χ1v) is 6.32. The summed E-state index contributed by atoms with van der Waals surface area (Å²) in [5.74, 6) is -0.424. The fourth-order valence-electron chi connectivity index (χ4n) is 1.93. The first-order valence-electron chi connectivity index (χ1n) is 6.32. The van der Waals surface area contributed by atoms with Crippen LogP contribution >= 0.6 is 0 Å². The molecule has 0 aliphatic rings. The SMILES string of the molecule is Cc1cccc(N)c1C(=O)OCc1ccc(CO)cc1. The molecule has 0 aromatic heterocycles. The van der Waals surface area contributed by atoms with Crippen molar-refractivity contribution in [3.8, 4) is 0 Å². The van der Waals surface area contributed by atoms with E-state index in [1.54, 1.807) is 24.3 Å². The summed E-state index contributed by atoms with van der Waals surface area (Å²) in [6.45, 7) is 2.00. The van der Waals surface area contributed by atoms with E-state index in [9.17, 15) is 4.79 Å². The molecule has 0 bridgehead atoms. The molecule has 0 heterocycles. The molecule has 0 saturated carbocycles. The first-order chi connectivity index (χ1) is 9.61. The number of hydrogen-bond donors (Lipinski definition) is 2. The van der Waals surface area contributed by atoms with Gasteiger partial charge in [-0.25, -0.2) is 4.79 Å². The normalized spacial score (nSPS) is 10.3. The third-order valence-corrected chi connectivity index (χ3v) is 3.08. The third-order valence-electron chi connectivity index (χ3n) is 3.08. The van der Waals surface area contributed by atoms with E-state index in [0.717, 1.165) is 16.7 Å². The minimum Gasteiger partial charge on any atom is -0.457 e. The standard InChI is InChI=1S/C16H17NO3/c1-11-3-2-4-14(17)15(11)16(19)20-10-13-7-5-12(9-18)6-8-13/h2-8,18H,9-10,17H2,1H3. The van der Waals surface area contributed by atoms with Crippen LogP contribution in [0.1, 0.15) is 27.0 Å². The number of hydrogen-bond acceptors (Lipinski definition) is 4. The van der Waals surface area contributed by atoms with E-state index >= 15 is 0 Å². The van der Waals surface area contributed by atoms with E-state index in [0.29, 0.717) is 11.3 Å². The molecule has 0 atom stereocenters. The summed E-state index contributed by atoms with van der Waals surface area (Å²) in [7, 11) is 0. The number of ether oxygens (including phenoxy) is 1. The highest BCUT2D eigenvalue weighted by molar-refractivity contribution is 5.96. The van der Waals surface area contributed by atoms with Crippen LogP contribution in [-0.4, -0.2) is 11.1 Å². The van der Waals surface area contributed by atoms with Crippen molar-refractivity contribution >= 4 is 11.7 Å². The van der Waals surface area contributed by atoms with Crippen LogP contribution in [0.25, 0.3) is 0 Å². The number of carbonyl (C=O) groups is 1. The molecule has 0 spiro atoms. The Hall–Kier alpha value is -2.33. The molecule has 2 aromatic carbocycles. The Bertz CT molecular complexity index is 585. The van der Waals surface area contributed by atoms with Gasteiger partial charge in [0.25, 0.3) is 0 Å². The number of benzene rings is 2. The summed E-state index contributed by atoms with van der Waals surface area (Å²) in [5.41, 5.74) is 9.12. The van der Waals surface area contributed by atoms with Crippen molar-refractivity contribution in [2.45, 2.75) is 20.1 Å². The molecule has 0 aliphatic heterocycles. The van der Waals surface area contributed by atoms with Gasteiger partial charge in [-0.05, 0) is 29.7 Å². The van der Waals surface area contributed by atoms with Crippen LogP contribution in [0.4, 0.5) is 5.69 Å². The third kappa shape index (κ3) is 3.16. The van der Waals surface area contributed by atoms with Gasteiger partial charge in [0.1, 0.15) is 6.61 Å². The molecule has 0 unspecified atom stereocenters. The zero-order valence-electron chi connectivity index (χ0n) is 11.3. The van der Waals surface area contributed by atoms with Crippen molar-refractivity contribution in [2.24, 2.45) is 0 Å². The highest BCUT2D eigenvalue weighted by Gasteiger charge is 2.13. The van der Waals surface area contributed by atoms with Gasteiger partial charge in [-0.3, -0.25) is 0 Å². The molecule has 4 heteroatoms. The summed E-state index contributed by atoms with van der Waals surface area (Å²) in [4.78, 5) is 12.0. The van der Waals surface area contributed by atoms with Crippen LogP contribution < -0.4 is 5.73 Å². The Morgan fingerprint density at radius 3 is 2.40 bits per heavy atom. The van der Waals surface area contributed by atoms with E-state index in [1.165, 1.54) is 0 Å². The van der Waals surface area contributed by atoms with Gasteiger partial charge in [0.2, 0.25) is 0 Å². The topological polar surface area (TPSA) is 72.6 Å². The van der Waals surface area contributed by atoms with Crippen LogP contribution in [-0.2, 0) is 18.0 Å². The molecule has 104 valence electrons. The maximum atomic E-state index is 12.0. The van der Waals surface area contributed by atoms with Gasteiger partial charge in [0.15, 0.2) is 0 Å². The van der Waals surface area contributed by atoms with Gasteiger partial charge in [-0.2, -0.15) is 0 Å². The lowest BCUT2D eigenvalue weighted by molar-refractivity contribution is 0.0473. The Balaban J connectivity index is 2.05. The van der Waals surface area contributed by atoms with E-state index in [2.05, 4.69) is 0 Å². The summed E-state index contributed by atoms with van der Waals surface area (Å²) in [6, 6.07) is 12.5. The summed E-state index contributed by atoms with van der Waals surface area (Å²) < 4.78 is 5.27. The van der Waals surface area contributed by atoms with Gasteiger partial charge in [-0.1, -0.05) is 36.4 Å². The number of nitrogen functional groups attached to an aromatic ring is 1. The fraction of sp³-hybridized carbons (Fsp3) is 0.188. The number of aryl methyl sites for hydroxylation is 1. The molecule has 0 aliphatic carbocycles. The predicted octanol–water partition coefficient (Wildman–Crippen LogP) is 2.43. The van der Waals surface area contributed by atoms with E-state index in [4.69, 9.17) is 15.6 Å². The van der Waals surface area contributed by atoms with Crippen molar-refractivity contribution in [3.05, 3.63) is 64.7 Å². The Morgan fingerprint density at radius 2 is 1.80 bits per heavy atom. The molecule has 2 aromatic rings. The average Bonchev–Trinajstić information content (AvgIpc) is 2.45. The second-order valence-corrected chi connectivity index (χ2v) is 4.59. The van der Waals surface area contributed by atoms with Crippen LogP contribution in [0.5, 0.6) is 0 Å². The van der Waals surface area contributed by atoms with Crippen LogP contribution in [0.15, 0.2) is 42.5 Å². The van der Waals surface area contributed by atoms with Gasteiger partial charge < -0.3 is 15.6 Å². The maximum absolute atomic E-state index is 12.0. The number of rotatable bonds is 4. The van der Waals surface area contributed by atoms with Crippen molar-refractivity contribution in [2.75, 3.05) is 5.73 Å². The molecular weight excluding hydrogens is 254 g/mol. The van der Waals surface area contributed by atoms with Crippen molar-refractivity contribution in [3.63, 3.8) is 0 Å². The second-order valence-electron chi connectivity index (χ2n) is 4.59. The largest absolute Gasteiger partial charge is 0.457 e. The second kappa shape index (κ2) is 6.21. The molecule has 2 rings (SSSR count). The van der Waals surface area contributed by atoms with Crippen LogP contribution in [0.2, 0.25) is 0 Å². The predicted molar refractivity (Wildman–Crippen MR) is 77.1 cm³/mol. The van der Waals surface area contributed by atoms with Gasteiger partial charge in [0.05, 0.1) is 12.2 Å². The van der Waals surface area contributed by atoms with Gasteiger partial charge >= 0.3 is 5.97 Å². The molecule has 0 amide bonds. The molecule has 0 radical (unpaired) electrons. The van der Waals surface area contributed by atoms with Crippen LogP contribution in [0, 0.1) is 6.92 Å². The minimum atomic E-state index is -0.424. The number of anilines is 1. The zero-order chi connectivity index (χ0) is 14.5. The average molecular weight is 271 g/mol. The molecule has 20 heavy (non-hydrogen) atoms. The Labute approximate surface area is 117 Å². The van der Waals surface area contributed by atoms with Crippen molar-refractivity contribution < 1.29 is 14.6 Å². The van der Waals surface area contributed by atoms with Crippen molar-refractivity contribution in [1.82, 2.24) is 0 Å². The smallest absolute Gasteiger partial charge is 0.340 e. The fourth-order valence-corrected chi connectivity index (χ4v) is 1.93. The number of aliphatic hydroxyl groups excluding tert-OH is 1. The van der Waals surface area contributed by atoms with E-state index in [-0.39, 0.29) is 13.2 Å². The summed E-state index contributed by atoms with van der Waals surface area (Å²) >= 11 is 0. The van der Waals surface area contributed by atoms with E-state index < -0.39 is 5.97 Å². The minimum absolute atomic E-state index is 0.000187. The number of esters is 1. The maximum Gasteiger partial charge on any atom is 0.340 e. The van der Waals surface area contributed by atoms with E-state index in [1.807, 2.05) is 25.1 Å². The molecule has 0 fully saturated rings. The lowest BCUT2D eigenvalue weighted by Gasteiger charge is -2.09. The van der Waals surface area contributed by atoms with Crippen LogP contribution in [0.3, 0.4) is 0 Å². The quantitative estimate of drug-likeness (QED) is 0.661. The monoisotopic (exact) mass is 271 g/mol. The Kier molecular flexibility index (Phi) is 4.38. The highest BCUT2D eigenvalue weighted by Crippen LogP contribution is 2.18. The molecule has 3 N–H and O–H groups in total. The van der Waals surface area contributed by atoms with Gasteiger partial charge in [-0.15, -0.1) is 0 Å². The molecular formula is C16H17NO3. The molecule has 4 nitrogen and oxygen atoms in total. The van der Waals surface area contributed by atoms with Gasteiger partial charge in [0, 0.05) is 5.69 Å². The number of aliphatic hydroxyl groups is 1. The number of carbonyl (C=O) groups excluding carboxylic acids is 1. The lowest BCUT2D eigenvalue weighted by atomic mass is 10.1. The first kappa shape index (κ1) is 14.1. The van der Waals surface area contributed by atoms with Crippen molar-refractivity contribution in [1.29, 1.82) is 0 Å². The zero-order valence-corrected chi connectivity index (χ0v) is 11.3. The molecule has 0 saturated heterocycles. The lowest BCUT2D eigenvalue weighted by Crippen LogP contribution is -2.10. The highest BCUT2D eigenvalue weighted by atomic mass is 16.5. The summed E-state index contributed by atoms with van der Waals surface area (Å²) in [6.07, 6.45) is 0. The Morgan fingerprint density at radius 1 is 1.15 bits per heavy atom. The summed E-state index contributed by atoms with van der Waals surface area (Å²) in [5, 5.41) is 8.96.